The highest BCUT2D eigenvalue weighted by Crippen LogP contribution is 2.36. The van der Waals surface area contributed by atoms with E-state index in [1.807, 2.05) is 12.1 Å². The Morgan fingerprint density at radius 3 is 2.00 bits per heavy atom. The van der Waals surface area contributed by atoms with E-state index in [0.717, 1.165) is 12.7 Å². The molecular weight excluding hydrogens is 888 g/mol. The fraction of sp³-hybridized carbons (Fsp3) is 0.300. The Balaban J connectivity index is 0.000000357. The van der Waals surface area contributed by atoms with Crippen LogP contribution in [0.25, 0.3) is 0 Å². The molecule has 1 fully saturated rings. The van der Waals surface area contributed by atoms with Gasteiger partial charge in [0.25, 0.3) is 0 Å². The second-order valence-electron chi connectivity index (χ2n) is 7.06. The van der Waals surface area contributed by atoms with E-state index in [1.54, 1.807) is 12.1 Å². The number of aromatic hydroxyl groups is 1. The van der Waals surface area contributed by atoms with E-state index in [4.69, 9.17) is 25.8 Å². The van der Waals surface area contributed by atoms with E-state index in [-0.39, 0.29) is 12.2 Å². The number of hydrogen-bond donors (Lipinski definition) is 6. The second-order valence-corrected chi connectivity index (χ2v) is 11.7. The Bertz CT molecular complexity index is 991. The summed E-state index contributed by atoms with van der Waals surface area (Å²) in [6, 6.07) is 5.80. The molecule has 0 aromatic heterocycles. The van der Waals surface area contributed by atoms with Crippen LogP contribution in [-0.2, 0) is 16.0 Å². The first-order valence-electron chi connectivity index (χ1n) is 9.35. The molecule has 33 heavy (non-hydrogen) atoms. The van der Waals surface area contributed by atoms with Crippen molar-refractivity contribution in [2.45, 2.75) is 31.0 Å². The number of ether oxygens (including phenoxy) is 1. The van der Waals surface area contributed by atoms with Gasteiger partial charge < -0.3 is 36.2 Å². The van der Waals surface area contributed by atoms with Gasteiger partial charge in [-0.2, -0.15) is 0 Å². The van der Waals surface area contributed by atoms with Gasteiger partial charge in [-0.1, -0.05) is 0 Å². The van der Waals surface area contributed by atoms with Crippen molar-refractivity contribution in [1.82, 2.24) is 5.32 Å². The maximum absolute atomic E-state index is 10.9. The Labute approximate surface area is 244 Å². The van der Waals surface area contributed by atoms with Crippen molar-refractivity contribution >= 4 is 102 Å². The number of carboxylic acid groups (broad SMARTS) is 2. The van der Waals surface area contributed by atoms with Gasteiger partial charge in [-0.15, -0.1) is 0 Å². The van der Waals surface area contributed by atoms with Crippen LogP contribution in [0.1, 0.15) is 12.0 Å². The number of nitrogens with two attached hydrogens (primary N) is 1. The number of carboxylic acids is 2. The van der Waals surface area contributed by atoms with Crippen LogP contribution in [-0.4, -0.2) is 57.1 Å². The minimum Gasteiger partial charge on any atom is -0.506 e. The number of benzene rings is 2. The number of halogens is 4. The molecule has 13 heteroatoms. The molecule has 3 rings (SSSR count). The Morgan fingerprint density at radius 2 is 1.61 bits per heavy atom. The van der Waals surface area contributed by atoms with Crippen molar-refractivity contribution in [2.75, 3.05) is 6.54 Å². The highest BCUT2D eigenvalue weighted by atomic mass is 127. The van der Waals surface area contributed by atoms with Gasteiger partial charge in [0.2, 0.25) is 0 Å². The van der Waals surface area contributed by atoms with Crippen LogP contribution < -0.4 is 15.8 Å². The normalized spacial score (nSPS) is 18.2. The topological polar surface area (TPSA) is 162 Å². The van der Waals surface area contributed by atoms with Gasteiger partial charge >= 0.3 is 11.9 Å². The molecule has 0 bridgehead atoms. The van der Waals surface area contributed by atoms with E-state index in [1.165, 1.54) is 0 Å². The molecule has 9 nitrogen and oxygen atoms in total. The average molecular weight is 908 g/mol. The SMILES string of the molecule is NC(Cc1cc(I)c(Oc2cc(I)c(O)c(I)c2)c(I)c1)C(=O)O.O=C(O)[C@@H]1CC(O)CN1. The number of aliphatic carboxylic acids is 2. The maximum atomic E-state index is 10.9. The lowest BCUT2D eigenvalue weighted by Crippen LogP contribution is -2.32. The van der Waals surface area contributed by atoms with Crippen molar-refractivity contribution in [1.29, 1.82) is 0 Å². The number of carbonyl (C=O) groups is 2. The molecule has 0 radical (unpaired) electrons. The number of aliphatic hydroxyl groups is 1. The largest absolute Gasteiger partial charge is 0.506 e. The zero-order chi connectivity index (χ0) is 24.9. The third-order valence-corrected chi connectivity index (χ3v) is 7.69. The van der Waals surface area contributed by atoms with E-state index in [2.05, 4.69) is 95.7 Å². The summed E-state index contributed by atoms with van der Waals surface area (Å²) in [4.78, 5) is 21.1. The molecule has 1 heterocycles. The molecule has 2 unspecified atom stereocenters. The minimum atomic E-state index is -1.02. The quantitative estimate of drug-likeness (QED) is 0.239. The number of phenols is 1. The average Bonchev–Trinajstić information content (AvgIpc) is 3.16. The number of hydrogen-bond acceptors (Lipinski definition) is 7. The Kier molecular flexibility index (Phi) is 11.6. The molecule has 3 atom stereocenters. The van der Waals surface area contributed by atoms with Crippen LogP contribution in [0.5, 0.6) is 17.2 Å². The Morgan fingerprint density at radius 1 is 1.06 bits per heavy atom. The third kappa shape index (κ3) is 8.74. The van der Waals surface area contributed by atoms with Crippen molar-refractivity contribution in [2.24, 2.45) is 5.73 Å². The van der Waals surface area contributed by atoms with Crippen molar-refractivity contribution in [3.8, 4) is 17.2 Å². The minimum absolute atomic E-state index is 0.242. The summed E-state index contributed by atoms with van der Waals surface area (Å²) in [7, 11) is 0. The lowest BCUT2D eigenvalue weighted by Gasteiger charge is -2.14. The van der Waals surface area contributed by atoms with Gasteiger partial charge in [-0.3, -0.25) is 9.59 Å². The van der Waals surface area contributed by atoms with Gasteiger partial charge in [-0.05, 0) is 127 Å². The van der Waals surface area contributed by atoms with Gasteiger partial charge in [0.05, 0.1) is 20.4 Å². The fourth-order valence-electron chi connectivity index (χ4n) is 2.79. The lowest BCUT2D eigenvalue weighted by atomic mass is 10.1. The van der Waals surface area contributed by atoms with E-state index in [0.29, 0.717) is 31.6 Å². The molecule has 1 aliphatic rings. The molecule has 0 spiro atoms. The van der Waals surface area contributed by atoms with Gasteiger partial charge in [0, 0.05) is 13.0 Å². The monoisotopic (exact) mass is 908 g/mol. The third-order valence-electron chi connectivity index (χ3n) is 4.45. The molecule has 2 aromatic carbocycles. The molecule has 0 saturated carbocycles. The zero-order valence-electron chi connectivity index (χ0n) is 16.8. The predicted octanol–water partition coefficient (Wildman–Crippen LogP) is 3.35. The Hall–Kier alpha value is -0.220. The molecule has 1 aliphatic heterocycles. The highest BCUT2D eigenvalue weighted by molar-refractivity contribution is 14.1. The number of nitrogens with one attached hydrogen (secondary N) is 1. The fourth-order valence-corrected chi connectivity index (χ4v) is 6.62. The van der Waals surface area contributed by atoms with Crippen LogP contribution in [0.15, 0.2) is 24.3 Å². The summed E-state index contributed by atoms with van der Waals surface area (Å²) in [5, 5.41) is 38.6. The van der Waals surface area contributed by atoms with Crippen LogP contribution >= 0.6 is 90.4 Å². The smallest absolute Gasteiger partial charge is 0.320 e. The summed E-state index contributed by atoms with van der Waals surface area (Å²) >= 11 is 8.42. The summed E-state index contributed by atoms with van der Waals surface area (Å²) in [6.45, 7) is 0.400. The first-order chi connectivity index (χ1) is 15.4. The van der Waals surface area contributed by atoms with E-state index >= 15 is 0 Å². The number of aliphatic hydroxyl groups excluding tert-OH is 1. The van der Waals surface area contributed by atoms with Crippen molar-refractivity contribution in [3.63, 3.8) is 0 Å². The first-order valence-corrected chi connectivity index (χ1v) is 13.7. The summed E-state index contributed by atoms with van der Waals surface area (Å²) < 4.78 is 9.14. The van der Waals surface area contributed by atoms with Gasteiger partial charge in [0.1, 0.15) is 23.6 Å². The molecule has 180 valence electrons. The van der Waals surface area contributed by atoms with Gasteiger partial charge in [-0.25, -0.2) is 0 Å². The first kappa shape index (κ1) is 29.0. The van der Waals surface area contributed by atoms with Crippen LogP contribution in [0, 0.1) is 14.3 Å². The van der Waals surface area contributed by atoms with Crippen molar-refractivity contribution in [3.05, 3.63) is 44.1 Å². The lowest BCUT2D eigenvalue weighted by molar-refractivity contribution is -0.139. The summed E-state index contributed by atoms with van der Waals surface area (Å²) in [5.74, 6) is -0.334. The summed E-state index contributed by atoms with van der Waals surface area (Å²) in [6.07, 6.45) is 0.109. The molecule has 0 amide bonds. The zero-order valence-corrected chi connectivity index (χ0v) is 25.4. The van der Waals surface area contributed by atoms with E-state index < -0.39 is 30.1 Å². The maximum Gasteiger partial charge on any atom is 0.320 e. The standard InChI is InChI=1S/C15H11I4NO4.C5H9NO3/c16-8-4-7(5-9(17)13(8)21)24-14-10(18)1-6(2-11(14)19)3-12(20)15(22)23;7-3-1-4(5(8)9)6-2-3/h1-2,4-5,12,21H,3,20H2,(H,22,23);3-4,6-7H,1-2H2,(H,8,9)/t;3?,4-/m.0/s1. The van der Waals surface area contributed by atoms with Crippen LogP contribution in [0.4, 0.5) is 0 Å². The number of rotatable bonds is 6. The highest BCUT2D eigenvalue weighted by Gasteiger charge is 2.27. The molecule has 2 aromatic rings. The molecular formula is C20H20I4N2O7. The number of phenolic OH excluding ortho intramolecular Hbond substituents is 1. The molecule has 1 saturated heterocycles. The van der Waals surface area contributed by atoms with Crippen molar-refractivity contribution < 1.29 is 34.8 Å². The number of β-amino-alcohol motifs (C(OH)–C–C–N with tert-alkyl or cyclic N) is 1. The van der Waals surface area contributed by atoms with Gasteiger partial charge in [0.15, 0.2) is 5.75 Å². The predicted molar refractivity (Wildman–Crippen MR) is 155 cm³/mol. The molecule has 7 N–H and O–H groups in total. The summed E-state index contributed by atoms with van der Waals surface area (Å²) in [5.41, 5.74) is 6.44. The molecule has 0 aliphatic carbocycles. The van der Waals surface area contributed by atoms with Crippen LogP contribution in [0.2, 0.25) is 0 Å². The van der Waals surface area contributed by atoms with Crippen LogP contribution in [0.3, 0.4) is 0 Å². The van der Waals surface area contributed by atoms with E-state index in [9.17, 15) is 14.7 Å². The second kappa shape index (κ2) is 13.2.